The lowest BCUT2D eigenvalue weighted by atomic mass is 10.2. The highest BCUT2D eigenvalue weighted by Gasteiger charge is 2.15. The average Bonchev–Trinajstić information content (AvgIpc) is 2.81. The number of hydrogen-bond donors (Lipinski definition) is 1. The van der Waals surface area contributed by atoms with E-state index in [9.17, 15) is 17.6 Å². The van der Waals surface area contributed by atoms with Crippen molar-refractivity contribution in [3.8, 4) is 0 Å². The quantitative estimate of drug-likeness (QED) is 0.819. The van der Waals surface area contributed by atoms with Gasteiger partial charge in [0.05, 0.1) is 10.5 Å². The van der Waals surface area contributed by atoms with Crippen LogP contribution in [0.1, 0.15) is 24.3 Å². The van der Waals surface area contributed by atoms with E-state index in [-0.39, 0.29) is 9.93 Å². The van der Waals surface area contributed by atoms with E-state index in [1.165, 1.54) is 31.2 Å². The van der Waals surface area contributed by atoms with Gasteiger partial charge in [-0.15, -0.1) is 0 Å². The highest BCUT2D eigenvalue weighted by atomic mass is 35.5. The van der Waals surface area contributed by atoms with E-state index < -0.39 is 21.6 Å². The first-order valence-corrected chi connectivity index (χ1v) is 9.58. The number of allylic oxidation sites excluding steroid dienone is 4. The molecule has 0 unspecified atom stereocenters. The molecule has 1 amide bonds. The largest absolute Gasteiger partial charge is 0.340 e. The highest BCUT2D eigenvalue weighted by Crippen LogP contribution is 2.25. The number of fused-ring (bicyclic) bond motifs is 1. The molecule has 8 heteroatoms. The molecule has 25 heavy (non-hydrogen) atoms. The van der Waals surface area contributed by atoms with E-state index in [2.05, 4.69) is 5.32 Å². The van der Waals surface area contributed by atoms with Crippen molar-refractivity contribution in [3.63, 3.8) is 0 Å². The van der Waals surface area contributed by atoms with E-state index in [1.807, 2.05) is 0 Å². The molecule has 1 heterocycles. The number of rotatable bonds is 4. The van der Waals surface area contributed by atoms with Crippen LogP contribution in [0.3, 0.4) is 0 Å². The van der Waals surface area contributed by atoms with E-state index >= 15 is 0 Å². The molecular weight excluding hydrogens is 367 g/mol. The van der Waals surface area contributed by atoms with Gasteiger partial charge in [-0.25, -0.2) is 12.8 Å². The predicted molar refractivity (Wildman–Crippen MR) is 97.7 cm³/mol. The van der Waals surface area contributed by atoms with Gasteiger partial charge in [-0.2, -0.15) is 0 Å². The summed E-state index contributed by atoms with van der Waals surface area (Å²) in [6.07, 6.45) is 4.04. The van der Waals surface area contributed by atoms with Crippen LogP contribution in [-0.4, -0.2) is 25.1 Å². The number of sulfone groups is 1. The zero-order valence-electron chi connectivity index (χ0n) is 14.2. The van der Waals surface area contributed by atoms with Crippen LogP contribution in [0.2, 0.25) is 5.02 Å². The van der Waals surface area contributed by atoms with Crippen LogP contribution in [0, 0.1) is 5.82 Å². The van der Waals surface area contributed by atoms with Crippen molar-refractivity contribution in [1.82, 2.24) is 9.88 Å². The first-order valence-electron chi connectivity index (χ1n) is 7.31. The van der Waals surface area contributed by atoms with Crippen LogP contribution in [-0.2, 0) is 16.9 Å². The van der Waals surface area contributed by atoms with Gasteiger partial charge in [0, 0.05) is 29.3 Å². The zero-order valence-corrected chi connectivity index (χ0v) is 15.8. The molecule has 0 saturated heterocycles. The first-order chi connectivity index (χ1) is 11.5. The average molecular weight is 385 g/mol. The number of carbonyl (C=O) groups is 1. The maximum atomic E-state index is 13.6. The summed E-state index contributed by atoms with van der Waals surface area (Å²) in [5.41, 5.74) is 1.34. The third-order valence-electron chi connectivity index (χ3n) is 3.78. The van der Waals surface area contributed by atoms with Crippen molar-refractivity contribution in [1.29, 1.82) is 0 Å². The molecule has 2 rings (SSSR count). The molecule has 2 aromatic rings. The van der Waals surface area contributed by atoms with Crippen molar-refractivity contribution >= 4 is 38.2 Å². The van der Waals surface area contributed by atoms with Crippen LogP contribution < -0.4 is 5.32 Å². The summed E-state index contributed by atoms with van der Waals surface area (Å²) in [5, 5.41) is 3.30. The molecule has 0 aliphatic heterocycles. The summed E-state index contributed by atoms with van der Waals surface area (Å²) in [6, 6.07) is 4.35. The van der Waals surface area contributed by atoms with Crippen LogP contribution in [0.4, 0.5) is 4.39 Å². The zero-order chi connectivity index (χ0) is 18.9. The second-order valence-electron chi connectivity index (χ2n) is 5.77. The molecule has 0 bridgehead atoms. The SMILES string of the molecule is C/C(=C\C=C(/C)S(C)(=O)=O)NC(=O)c1cc2cc(Cl)c(F)cc2n1C. The second kappa shape index (κ2) is 7.01. The molecule has 5 nitrogen and oxygen atoms in total. The lowest BCUT2D eigenvalue weighted by Gasteiger charge is -2.06. The molecule has 0 fully saturated rings. The number of hydrogen-bond acceptors (Lipinski definition) is 3. The van der Waals surface area contributed by atoms with Crippen LogP contribution >= 0.6 is 11.6 Å². The number of amides is 1. The molecule has 1 aromatic heterocycles. The molecule has 0 radical (unpaired) electrons. The van der Waals surface area contributed by atoms with E-state index in [4.69, 9.17) is 11.6 Å². The monoisotopic (exact) mass is 384 g/mol. The van der Waals surface area contributed by atoms with Crippen molar-refractivity contribution in [2.24, 2.45) is 7.05 Å². The Hall–Kier alpha value is -2.12. The Kier molecular flexibility index (Phi) is 5.39. The van der Waals surface area contributed by atoms with E-state index in [0.717, 1.165) is 6.26 Å². The van der Waals surface area contributed by atoms with Crippen LogP contribution in [0.5, 0.6) is 0 Å². The molecule has 0 saturated carbocycles. The fraction of sp³-hybridized carbons (Fsp3) is 0.235. The Balaban J connectivity index is 2.30. The molecular formula is C17H18ClFN2O3S. The summed E-state index contributed by atoms with van der Waals surface area (Å²) >= 11 is 5.77. The Bertz CT molecular complexity index is 1020. The summed E-state index contributed by atoms with van der Waals surface area (Å²) in [5.74, 6) is -0.950. The molecule has 0 atom stereocenters. The molecule has 134 valence electrons. The topological polar surface area (TPSA) is 68.2 Å². The number of halogens is 2. The fourth-order valence-electron chi connectivity index (χ4n) is 2.20. The van der Waals surface area contributed by atoms with Crippen LogP contribution in [0.15, 0.2) is 41.0 Å². The Morgan fingerprint density at radius 2 is 1.88 bits per heavy atom. The third kappa shape index (κ3) is 4.29. The summed E-state index contributed by atoms with van der Waals surface area (Å²) in [6.45, 7) is 3.12. The van der Waals surface area contributed by atoms with Gasteiger partial charge in [0.1, 0.15) is 11.5 Å². The third-order valence-corrected chi connectivity index (χ3v) is 5.38. The lowest BCUT2D eigenvalue weighted by molar-refractivity contribution is 0.0958. The fourth-order valence-corrected chi connectivity index (χ4v) is 2.69. The lowest BCUT2D eigenvalue weighted by Crippen LogP contribution is -2.23. The van der Waals surface area contributed by atoms with Gasteiger partial charge in [0.15, 0.2) is 9.84 Å². The Labute approximate surface area is 150 Å². The minimum absolute atomic E-state index is 0.0116. The normalized spacial score (nSPS) is 13.4. The summed E-state index contributed by atoms with van der Waals surface area (Å²) < 4.78 is 37.9. The number of aryl methyl sites for hydroxylation is 1. The maximum Gasteiger partial charge on any atom is 0.272 e. The molecule has 0 spiro atoms. The molecule has 0 aliphatic carbocycles. The molecule has 1 N–H and O–H groups in total. The van der Waals surface area contributed by atoms with Gasteiger partial charge in [-0.1, -0.05) is 11.6 Å². The van der Waals surface area contributed by atoms with Gasteiger partial charge < -0.3 is 9.88 Å². The second-order valence-corrected chi connectivity index (χ2v) is 8.36. The summed E-state index contributed by atoms with van der Waals surface area (Å²) in [7, 11) is -1.61. The van der Waals surface area contributed by atoms with Gasteiger partial charge >= 0.3 is 0 Å². The first kappa shape index (κ1) is 19.2. The number of carbonyl (C=O) groups excluding carboxylic acids is 1. The van der Waals surface area contributed by atoms with Crippen molar-refractivity contribution in [2.45, 2.75) is 13.8 Å². The highest BCUT2D eigenvalue weighted by molar-refractivity contribution is 7.94. The van der Waals surface area contributed by atoms with Gasteiger partial charge in [0.2, 0.25) is 0 Å². The van der Waals surface area contributed by atoms with Crippen LogP contribution in [0.25, 0.3) is 10.9 Å². The van der Waals surface area contributed by atoms with Crippen molar-refractivity contribution < 1.29 is 17.6 Å². The summed E-state index contributed by atoms with van der Waals surface area (Å²) in [4.78, 5) is 12.6. The number of aromatic nitrogens is 1. The van der Waals surface area contributed by atoms with E-state index in [0.29, 0.717) is 22.3 Å². The standard InChI is InChI=1S/C17H18ClFN2O3S/c1-10(5-6-11(2)25(4,23)24)20-17(22)16-8-12-7-13(18)14(19)9-15(12)21(16)3/h5-9H,1-4H3,(H,20,22)/b10-5+,11-6+. The Morgan fingerprint density at radius 3 is 2.48 bits per heavy atom. The minimum Gasteiger partial charge on any atom is -0.340 e. The number of nitrogens with one attached hydrogen (secondary N) is 1. The smallest absolute Gasteiger partial charge is 0.272 e. The van der Waals surface area contributed by atoms with Gasteiger partial charge in [0.25, 0.3) is 5.91 Å². The minimum atomic E-state index is -3.26. The van der Waals surface area contributed by atoms with Gasteiger partial charge in [-0.3, -0.25) is 4.79 Å². The van der Waals surface area contributed by atoms with Crippen molar-refractivity contribution in [2.75, 3.05) is 6.26 Å². The predicted octanol–water partition coefficient (Wildman–Crippen LogP) is 3.55. The van der Waals surface area contributed by atoms with Crippen molar-refractivity contribution in [3.05, 3.63) is 57.5 Å². The molecule has 0 aliphatic rings. The number of nitrogens with zero attached hydrogens (tertiary/aromatic N) is 1. The van der Waals surface area contributed by atoms with E-state index in [1.54, 1.807) is 24.6 Å². The van der Waals surface area contributed by atoms with Gasteiger partial charge in [-0.05, 0) is 44.2 Å². The molecule has 1 aromatic carbocycles. The maximum absolute atomic E-state index is 13.6. The number of benzene rings is 1. The Morgan fingerprint density at radius 1 is 1.24 bits per heavy atom.